The molecule has 2 aromatic rings. The Balaban J connectivity index is 0.00000106. The van der Waals surface area contributed by atoms with Crippen LogP contribution in [-0.4, -0.2) is 58.8 Å². The van der Waals surface area contributed by atoms with Gasteiger partial charge in [-0.3, -0.25) is 0 Å². The molecule has 0 spiro atoms. The zero-order chi connectivity index (χ0) is 37.6. The van der Waals surface area contributed by atoms with Crippen LogP contribution >= 0.6 is 0 Å². The number of aryl methyl sites for hydroxylation is 2. The zero-order valence-corrected chi connectivity index (χ0v) is 32.9. The summed E-state index contributed by atoms with van der Waals surface area (Å²) >= 11 is 0. The smallest absolute Gasteiger partial charge is 0.227 e. The van der Waals surface area contributed by atoms with Crippen molar-refractivity contribution in [1.29, 1.82) is 5.26 Å². The Hall–Kier alpha value is -3.09. The fraction of sp³-hybridized carbons (Fsp3) is 0.700. The first-order chi connectivity index (χ1) is 23.2. The SMILES string of the molecule is CC.CCCC.CCCC(C)(C)O.CCCC=O.Cc1ccc(Nc2nc(N3CC(C)C(C)(F)C(CC4CNC4)C3)ncc2C#N)cc1C. The van der Waals surface area contributed by atoms with E-state index in [1.807, 2.05) is 59.7 Å². The van der Waals surface area contributed by atoms with Crippen molar-refractivity contribution < 1.29 is 14.3 Å². The van der Waals surface area contributed by atoms with Crippen molar-refractivity contribution in [3.63, 3.8) is 0 Å². The molecule has 3 atom stereocenters. The number of halogens is 1. The van der Waals surface area contributed by atoms with Gasteiger partial charge in [0.1, 0.15) is 23.6 Å². The molecule has 0 radical (unpaired) electrons. The van der Waals surface area contributed by atoms with Crippen LogP contribution in [0, 0.1) is 42.9 Å². The van der Waals surface area contributed by atoms with E-state index in [0.29, 0.717) is 42.8 Å². The number of nitrogens with one attached hydrogen (secondary N) is 2. The van der Waals surface area contributed by atoms with Gasteiger partial charge in [0.2, 0.25) is 5.95 Å². The second-order valence-corrected chi connectivity index (χ2v) is 13.9. The molecule has 1 aromatic carbocycles. The summed E-state index contributed by atoms with van der Waals surface area (Å²) in [5, 5.41) is 25.1. The van der Waals surface area contributed by atoms with Crippen molar-refractivity contribution in [3.05, 3.63) is 41.1 Å². The highest BCUT2D eigenvalue weighted by atomic mass is 19.1. The van der Waals surface area contributed by atoms with Gasteiger partial charge in [0, 0.05) is 37.0 Å². The monoisotopic (exact) mass is 685 g/mol. The fourth-order valence-corrected chi connectivity index (χ4v) is 5.20. The molecule has 0 bridgehead atoms. The molecule has 9 heteroatoms. The standard InChI is InChI=1S/C24H31FN6.C6H14O.C4H8O.C4H10.C2H6/c1-15-5-6-21(7-16(15)2)29-22-19(9-26)12-28-23(30-22)31-13-17(3)24(4,25)20(14-31)8-18-10-27-11-18;1-4-5-6(2,3)7;1-2-3-4-5;1-3-4-2;1-2/h5-7,12,17-18,20,27H,8,10-11,13-14H2,1-4H3,(H,28,29,30);7H,4-5H2,1-3H3;4H,2-3H2,1H3;3-4H2,1-2H3;1-2H3. The Bertz CT molecular complexity index is 1230. The largest absolute Gasteiger partial charge is 0.390 e. The van der Waals surface area contributed by atoms with Crippen molar-refractivity contribution in [3.8, 4) is 6.07 Å². The van der Waals surface area contributed by atoms with Crippen molar-refractivity contribution in [2.45, 2.75) is 139 Å². The number of alkyl halides is 1. The molecule has 4 rings (SSSR count). The van der Waals surface area contributed by atoms with Gasteiger partial charge in [0.05, 0.1) is 11.8 Å². The van der Waals surface area contributed by atoms with Crippen LogP contribution in [0.1, 0.15) is 131 Å². The third-order valence-corrected chi connectivity index (χ3v) is 8.90. The highest BCUT2D eigenvalue weighted by Gasteiger charge is 2.46. The van der Waals surface area contributed by atoms with Crippen LogP contribution in [0.4, 0.5) is 21.8 Å². The number of aliphatic hydroxyl groups is 1. The first-order valence-corrected chi connectivity index (χ1v) is 18.6. The summed E-state index contributed by atoms with van der Waals surface area (Å²) in [5.41, 5.74) is 1.98. The lowest BCUT2D eigenvalue weighted by atomic mass is 9.72. The van der Waals surface area contributed by atoms with Crippen LogP contribution in [0.3, 0.4) is 0 Å². The average Bonchev–Trinajstić information content (AvgIpc) is 3.04. The van der Waals surface area contributed by atoms with E-state index in [2.05, 4.69) is 61.2 Å². The van der Waals surface area contributed by atoms with Gasteiger partial charge in [-0.05, 0) is 96.1 Å². The number of nitrogens with zero attached hydrogens (tertiary/aromatic N) is 4. The molecule has 3 heterocycles. The molecule has 1 aromatic heterocycles. The maximum absolute atomic E-state index is 15.6. The lowest BCUT2D eigenvalue weighted by Gasteiger charge is -2.47. The van der Waals surface area contributed by atoms with Gasteiger partial charge in [-0.15, -0.1) is 0 Å². The second-order valence-electron chi connectivity index (χ2n) is 13.9. The highest BCUT2D eigenvalue weighted by molar-refractivity contribution is 5.64. The number of aromatic nitrogens is 2. The Morgan fingerprint density at radius 3 is 2.14 bits per heavy atom. The van der Waals surface area contributed by atoms with E-state index in [1.54, 1.807) is 13.1 Å². The van der Waals surface area contributed by atoms with Crippen LogP contribution in [0.2, 0.25) is 0 Å². The predicted octanol–water partition coefficient (Wildman–Crippen LogP) is 9.49. The maximum Gasteiger partial charge on any atom is 0.227 e. The molecular weight excluding hydrogens is 615 g/mol. The minimum atomic E-state index is -1.21. The van der Waals surface area contributed by atoms with Gasteiger partial charge >= 0.3 is 0 Å². The Morgan fingerprint density at radius 2 is 1.73 bits per heavy atom. The highest BCUT2D eigenvalue weighted by Crippen LogP contribution is 2.41. The summed E-state index contributed by atoms with van der Waals surface area (Å²) in [6.07, 6.45) is 9.63. The third kappa shape index (κ3) is 16.9. The number of piperidine rings is 1. The molecule has 0 amide bonds. The minimum Gasteiger partial charge on any atom is -0.390 e. The number of benzene rings is 1. The molecule has 8 nitrogen and oxygen atoms in total. The van der Waals surface area contributed by atoms with E-state index in [9.17, 15) is 10.1 Å². The van der Waals surface area contributed by atoms with Crippen LogP contribution in [0.5, 0.6) is 0 Å². The topological polar surface area (TPSA) is 114 Å². The van der Waals surface area contributed by atoms with Crippen LogP contribution in [0.15, 0.2) is 24.4 Å². The molecule has 278 valence electrons. The van der Waals surface area contributed by atoms with Crippen molar-refractivity contribution in [1.82, 2.24) is 15.3 Å². The van der Waals surface area contributed by atoms with Gasteiger partial charge in [-0.1, -0.05) is 73.8 Å². The van der Waals surface area contributed by atoms with E-state index in [0.717, 1.165) is 56.3 Å². The maximum atomic E-state index is 15.6. The summed E-state index contributed by atoms with van der Waals surface area (Å²) in [6, 6.07) is 8.23. The summed E-state index contributed by atoms with van der Waals surface area (Å²) in [7, 11) is 0. The third-order valence-electron chi connectivity index (χ3n) is 8.90. The molecule has 3 N–H and O–H groups in total. The zero-order valence-electron chi connectivity index (χ0n) is 32.9. The molecule has 3 unspecified atom stereocenters. The number of carbonyl (C=O) groups excluding carboxylic acids is 1. The van der Waals surface area contributed by atoms with Crippen LogP contribution in [-0.2, 0) is 4.79 Å². The molecule has 49 heavy (non-hydrogen) atoms. The van der Waals surface area contributed by atoms with Gasteiger partial charge in [-0.2, -0.15) is 10.2 Å². The predicted molar refractivity (Wildman–Crippen MR) is 205 cm³/mol. The molecule has 0 aliphatic carbocycles. The number of aldehydes is 1. The van der Waals surface area contributed by atoms with Crippen LogP contribution < -0.4 is 15.5 Å². The Morgan fingerprint density at radius 1 is 1.10 bits per heavy atom. The molecule has 2 aliphatic rings. The number of hydrogen-bond acceptors (Lipinski definition) is 8. The van der Waals surface area contributed by atoms with Crippen molar-refractivity contribution >= 4 is 23.7 Å². The van der Waals surface area contributed by atoms with E-state index < -0.39 is 11.3 Å². The lowest BCUT2D eigenvalue weighted by molar-refractivity contribution is -0.107. The van der Waals surface area contributed by atoms with Gasteiger partial charge in [0.15, 0.2) is 5.82 Å². The Kier molecular flexibility index (Phi) is 22.6. The summed E-state index contributed by atoms with van der Waals surface area (Å²) in [4.78, 5) is 20.6. The van der Waals surface area contributed by atoms with Gasteiger partial charge in [-0.25, -0.2) is 9.37 Å². The quantitative estimate of drug-likeness (QED) is 0.212. The summed E-state index contributed by atoms with van der Waals surface area (Å²) in [5.74, 6) is 1.37. The lowest BCUT2D eigenvalue weighted by Crippen LogP contribution is -2.56. The van der Waals surface area contributed by atoms with E-state index in [1.165, 1.54) is 18.4 Å². The first-order valence-electron chi connectivity index (χ1n) is 18.6. The van der Waals surface area contributed by atoms with Gasteiger partial charge in [0.25, 0.3) is 0 Å². The molecule has 2 aliphatic heterocycles. The Labute approximate surface area is 298 Å². The molecule has 2 fully saturated rings. The number of rotatable bonds is 10. The number of hydrogen-bond donors (Lipinski definition) is 3. The summed E-state index contributed by atoms with van der Waals surface area (Å²) in [6.45, 7) is 27.0. The average molecular weight is 685 g/mol. The molecular formula is C40H69FN6O2. The fourth-order valence-electron chi connectivity index (χ4n) is 5.20. The van der Waals surface area contributed by atoms with E-state index >= 15 is 4.39 Å². The van der Waals surface area contributed by atoms with Crippen LogP contribution in [0.25, 0.3) is 0 Å². The number of anilines is 3. The number of unbranched alkanes of at least 4 members (excludes halogenated alkanes) is 2. The molecule has 0 saturated carbocycles. The normalized spacial score (nSPS) is 19.8. The minimum absolute atomic E-state index is 0.0706. The number of carbonyl (C=O) groups is 1. The first kappa shape index (κ1) is 45.9. The summed E-state index contributed by atoms with van der Waals surface area (Å²) < 4.78 is 15.6. The van der Waals surface area contributed by atoms with Gasteiger partial charge < -0.3 is 25.4 Å². The number of nitriles is 1. The second kappa shape index (κ2) is 24.1. The van der Waals surface area contributed by atoms with E-state index in [4.69, 9.17) is 10.1 Å². The van der Waals surface area contributed by atoms with Crippen molar-refractivity contribution in [2.75, 3.05) is 36.4 Å². The van der Waals surface area contributed by atoms with E-state index in [-0.39, 0.29) is 11.8 Å². The molecule has 2 saturated heterocycles. The van der Waals surface area contributed by atoms with Crippen molar-refractivity contribution in [2.24, 2.45) is 17.8 Å².